The molecule has 0 saturated heterocycles. The second kappa shape index (κ2) is 4.55. The summed E-state index contributed by atoms with van der Waals surface area (Å²) >= 11 is 0. The molecule has 3 heteroatoms. The molecule has 2 N–H and O–H groups in total. The zero-order valence-corrected chi connectivity index (χ0v) is 8.61. The molecular formula is C12H15NO2. The molecule has 2 rings (SSSR count). The summed E-state index contributed by atoms with van der Waals surface area (Å²) in [7, 11) is 0. The van der Waals surface area contributed by atoms with Crippen LogP contribution in [-0.4, -0.2) is 18.9 Å². The van der Waals surface area contributed by atoms with Crippen molar-refractivity contribution in [2.45, 2.75) is 18.9 Å². The fourth-order valence-corrected chi connectivity index (χ4v) is 1.94. The van der Waals surface area contributed by atoms with Gasteiger partial charge >= 0.3 is 0 Å². The molecule has 0 bridgehead atoms. The number of hydrogen-bond acceptors (Lipinski definition) is 3. The molecule has 1 unspecified atom stereocenters. The number of benzene rings is 1. The first-order valence-corrected chi connectivity index (χ1v) is 5.22. The van der Waals surface area contributed by atoms with Gasteiger partial charge in [0.25, 0.3) is 0 Å². The van der Waals surface area contributed by atoms with Gasteiger partial charge in [-0.2, -0.15) is 0 Å². The van der Waals surface area contributed by atoms with Gasteiger partial charge in [0, 0.05) is 6.42 Å². The minimum absolute atomic E-state index is 0.0525. The van der Waals surface area contributed by atoms with Crippen molar-refractivity contribution in [1.29, 1.82) is 0 Å². The van der Waals surface area contributed by atoms with Gasteiger partial charge in [0.15, 0.2) is 0 Å². The van der Waals surface area contributed by atoms with Crippen LogP contribution in [0.4, 0.5) is 0 Å². The van der Waals surface area contributed by atoms with Crippen molar-refractivity contribution in [2.75, 3.05) is 13.2 Å². The standard InChI is InChI=1S/C12H15NO2/c13-8-10(14)7-12-11-4-2-1-3-9(11)5-6-15-12/h1-4,12H,5-8,13H2. The molecule has 0 aliphatic carbocycles. The Morgan fingerprint density at radius 3 is 3.07 bits per heavy atom. The molecule has 0 amide bonds. The topological polar surface area (TPSA) is 52.3 Å². The first-order valence-electron chi connectivity index (χ1n) is 5.22. The Labute approximate surface area is 89.2 Å². The zero-order valence-electron chi connectivity index (χ0n) is 8.61. The maximum Gasteiger partial charge on any atom is 0.149 e. The van der Waals surface area contributed by atoms with E-state index in [2.05, 4.69) is 6.07 Å². The third-order valence-corrected chi connectivity index (χ3v) is 2.73. The van der Waals surface area contributed by atoms with Crippen LogP contribution in [-0.2, 0) is 16.0 Å². The number of Topliss-reactive ketones (excluding diaryl/α,β-unsaturated/α-hetero) is 1. The van der Waals surface area contributed by atoms with Crippen molar-refractivity contribution in [2.24, 2.45) is 5.73 Å². The predicted molar refractivity (Wildman–Crippen MR) is 57.5 cm³/mol. The molecule has 0 aromatic heterocycles. The van der Waals surface area contributed by atoms with Crippen molar-refractivity contribution in [3.63, 3.8) is 0 Å². The van der Waals surface area contributed by atoms with Gasteiger partial charge in [0.05, 0.1) is 19.3 Å². The van der Waals surface area contributed by atoms with Crippen LogP contribution >= 0.6 is 0 Å². The molecule has 1 aromatic carbocycles. The first-order chi connectivity index (χ1) is 7.31. The van der Waals surface area contributed by atoms with Crippen molar-refractivity contribution in [1.82, 2.24) is 0 Å². The van der Waals surface area contributed by atoms with Crippen LogP contribution in [0.2, 0.25) is 0 Å². The summed E-state index contributed by atoms with van der Waals surface area (Å²) in [6, 6.07) is 8.13. The van der Waals surface area contributed by atoms with Crippen LogP contribution in [0, 0.1) is 0 Å². The number of ketones is 1. The monoisotopic (exact) mass is 205 g/mol. The SMILES string of the molecule is NCC(=O)CC1OCCc2ccccc21. The van der Waals surface area contributed by atoms with Gasteiger partial charge in [-0.15, -0.1) is 0 Å². The average Bonchev–Trinajstić information content (AvgIpc) is 2.29. The summed E-state index contributed by atoms with van der Waals surface area (Å²) in [5, 5.41) is 0. The lowest BCUT2D eigenvalue weighted by Gasteiger charge is -2.25. The molecule has 1 heterocycles. The fraction of sp³-hybridized carbons (Fsp3) is 0.417. The largest absolute Gasteiger partial charge is 0.373 e. The summed E-state index contributed by atoms with van der Waals surface area (Å²) in [6.07, 6.45) is 1.24. The lowest BCUT2D eigenvalue weighted by Crippen LogP contribution is -2.22. The first kappa shape index (κ1) is 10.3. The van der Waals surface area contributed by atoms with Gasteiger partial charge in [-0.05, 0) is 17.5 Å². The highest BCUT2D eigenvalue weighted by molar-refractivity contribution is 5.80. The molecule has 1 aliphatic heterocycles. The van der Waals surface area contributed by atoms with E-state index in [0.717, 1.165) is 12.0 Å². The van der Waals surface area contributed by atoms with Gasteiger partial charge < -0.3 is 10.5 Å². The summed E-state index contributed by atoms with van der Waals surface area (Å²) in [5.41, 5.74) is 7.74. The molecule has 0 saturated carbocycles. The second-order valence-electron chi connectivity index (χ2n) is 3.76. The van der Waals surface area contributed by atoms with E-state index < -0.39 is 0 Å². The van der Waals surface area contributed by atoms with E-state index in [1.807, 2.05) is 18.2 Å². The molecule has 1 aromatic rings. The summed E-state index contributed by atoms with van der Waals surface area (Å²) < 4.78 is 5.60. The lowest BCUT2D eigenvalue weighted by molar-refractivity contribution is -0.121. The van der Waals surface area contributed by atoms with Crippen molar-refractivity contribution < 1.29 is 9.53 Å². The number of hydrogen-bond donors (Lipinski definition) is 1. The predicted octanol–water partition coefficient (Wildman–Crippen LogP) is 1.22. The average molecular weight is 205 g/mol. The maximum atomic E-state index is 11.3. The van der Waals surface area contributed by atoms with Gasteiger partial charge in [-0.1, -0.05) is 24.3 Å². The van der Waals surface area contributed by atoms with Crippen LogP contribution in [0.5, 0.6) is 0 Å². The summed E-state index contributed by atoms with van der Waals surface area (Å²) in [5.74, 6) is 0.0525. The number of carbonyl (C=O) groups is 1. The Balaban J connectivity index is 2.18. The van der Waals surface area contributed by atoms with E-state index in [0.29, 0.717) is 13.0 Å². The van der Waals surface area contributed by atoms with Crippen molar-refractivity contribution in [3.05, 3.63) is 35.4 Å². The van der Waals surface area contributed by atoms with Gasteiger partial charge in [0.2, 0.25) is 0 Å². The van der Waals surface area contributed by atoms with Crippen molar-refractivity contribution in [3.8, 4) is 0 Å². The van der Waals surface area contributed by atoms with Crippen LogP contribution < -0.4 is 5.73 Å². The van der Waals surface area contributed by atoms with Crippen LogP contribution in [0.3, 0.4) is 0 Å². The fourth-order valence-electron chi connectivity index (χ4n) is 1.94. The third kappa shape index (κ3) is 2.25. The summed E-state index contributed by atoms with van der Waals surface area (Å²) in [6.45, 7) is 0.793. The lowest BCUT2D eigenvalue weighted by atomic mass is 9.95. The smallest absolute Gasteiger partial charge is 0.149 e. The molecule has 15 heavy (non-hydrogen) atoms. The van der Waals surface area contributed by atoms with Crippen molar-refractivity contribution >= 4 is 5.78 Å². The van der Waals surface area contributed by atoms with Crippen LogP contribution in [0.15, 0.2) is 24.3 Å². The second-order valence-corrected chi connectivity index (χ2v) is 3.76. The Bertz CT molecular complexity index is 362. The van der Waals surface area contributed by atoms with E-state index in [4.69, 9.17) is 10.5 Å². The van der Waals surface area contributed by atoms with Gasteiger partial charge in [-0.3, -0.25) is 4.79 Å². The molecule has 80 valence electrons. The van der Waals surface area contributed by atoms with E-state index in [9.17, 15) is 4.79 Å². The number of nitrogens with two attached hydrogens (primary N) is 1. The molecule has 1 atom stereocenters. The Morgan fingerprint density at radius 1 is 1.47 bits per heavy atom. The Kier molecular flexibility index (Phi) is 3.14. The maximum absolute atomic E-state index is 11.3. The molecule has 0 radical (unpaired) electrons. The van der Waals surface area contributed by atoms with Gasteiger partial charge in [0.1, 0.15) is 5.78 Å². The molecular weight excluding hydrogens is 190 g/mol. The number of fused-ring (bicyclic) bond motifs is 1. The summed E-state index contributed by atoms with van der Waals surface area (Å²) in [4.78, 5) is 11.3. The molecule has 3 nitrogen and oxygen atoms in total. The number of rotatable bonds is 3. The Morgan fingerprint density at radius 2 is 2.27 bits per heavy atom. The minimum atomic E-state index is -0.0917. The molecule has 0 fully saturated rings. The van der Waals surface area contributed by atoms with Crippen LogP contribution in [0.1, 0.15) is 23.7 Å². The van der Waals surface area contributed by atoms with E-state index in [1.165, 1.54) is 5.56 Å². The quantitative estimate of drug-likeness (QED) is 0.807. The molecule has 0 spiro atoms. The van der Waals surface area contributed by atoms with E-state index >= 15 is 0 Å². The highest BCUT2D eigenvalue weighted by atomic mass is 16.5. The number of ether oxygens (including phenoxy) is 1. The third-order valence-electron chi connectivity index (χ3n) is 2.73. The van der Waals surface area contributed by atoms with E-state index in [1.54, 1.807) is 0 Å². The van der Waals surface area contributed by atoms with Gasteiger partial charge in [-0.25, -0.2) is 0 Å². The number of carbonyl (C=O) groups excluding carboxylic acids is 1. The normalized spacial score (nSPS) is 19.7. The van der Waals surface area contributed by atoms with Crippen LogP contribution in [0.25, 0.3) is 0 Å². The molecule has 1 aliphatic rings. The highest BCUT2D eigenvalue weighted by Crippen LogP contribution is 2.29. The van der Waals surface area contributed by atoms with E-state index in [-0.39, 0.29) is 18.4 Å². The highest BCUT2D eigenvalue weighted by Gasteiger charge is 2.22. The zero-order chi connectivity index (χ0) is 10.7. The Hall–Kier alpha value is -1.19. The minimum Gasteiger partial charge on any atom is -0.373 e.